The maximum atomic E-state index is 10.4. The molecule has 0 amide bonds. The molecule has 0 aromatic carbocycles. The number of carboxylic acids is 1. The molecule has 1 aromatic heterocycles. The van der Waals surface area contributed by atoms with Crippen LogP contribution in [0.1, 0.15) is 10.5 Å². The fourth-order valence-electron chi connectivity index (χ4n) is 0.680. The first-order valence-electron chi connectivity index (χ1n) is 3.20. The van der Waals surface area contributed by atoms with E-state index in [0.29, 0.717) is 0 Å². The van der Waals surface area contributed by atoms with Crippen molar-refractivity contribution < 1.29 is 24.5 Å². The summed E-state index contributed by atoms with van der Waals surface area (Å²) in [6.07, 6.45) is -1.53. The predicted octanol–water partition coefficient (Wildman–Crippen LogP) is 0.837. The summed E-state index contributed by atoms with van der Waals surface area (Å²) in [6.45, 7) is 0. The van der Waals surface area contributed by atoms with Crippen molar-refractivity contribution >= 4 is 12.1 Å². The molecule has 0 aliphatic heterocycles. The maximum absolute atomic E-state index is 10.4. The molecule has 0 spiro atoms. The highest BCUT2D eigenvalue weighted by molar-refractivity contribution is 5.85. The molecule has 1 aromatic rings. The van der Waals surface area contributed by atoms with E-state index in [1.807, 2.05) is 0 Å². The standard InChI is InChI=1S/C7H5NO5/c9-6(10)4-2-1-3-5(8-4)13-7(11)12/h1-3H,(H,9,10)(H,11,12). The van der Waals surface area contributed by atoms with E-state index in [4.69, 9.17) is 10.2 Å². The summed E-state index contributed by atoms with van der Waals surface area (Å²) in [7, 11) is 0. The second kappa shape index (κ2) is 3.53. The normalized spacial score (nSPS) is 9.23. The molecule has 0 fully saturated rings. The molecule has 6 heteroatoms. The van der Waals surface area contributed by atoms with Gasteiger partial charge in [0.05, 0.1) is 0 Å². The lowest BCUT2D eigenvalue weighted by Gasteiger charge is -1.98. The van der Waals surface area contributed by atoms with E-state index in [1.54, 1.807) is 0 Å². The Morgan fingerprint density at radius 2 is 2.00 bits per heavy atom. The highest BCUT2D eigenvalue weighted by Gasteiger charge is 2.07. The summed E-state index contributed by atoms with van der Waals surface area (Å²) in [6, 6.07) is 3.83. The zero-order chi connectivity index (χ0) is 9.84. The first kappa shape index (κ1) is 8.98. The van der Waals surface area contributed by atoms with Crippen molar-refractivity contribution in [1.82, 2.24) is 4.98 Å². The van der Waals surface area contributed by atoms with Gasteiger partial charge in [-0.05, 0) is 6.07 Å². The van der Waals surface area contributed by atoms with Crippen LogP contribution >= 0.6 is 0 Å². The highest BCUT2D eigenvalue weighted by Crippen LogP contribution is 2.07. The molecule has 1 rings (SSSR count). The number of carboxylic acid groups (broad SMARTS) is 2. The molecule has 13 heavy (non-hydrogen) atoms. The number of ether oxygens (including phenoxy) is 1. The molecular formula is C7H5NO5. The van der Waals surface area contributed by atoms with Crippen molar-refractivity contribution in [2.24, 2.45) is 0 Å². The van der Waals surface area contributed by atoms with Crippen molar-refractivity contribution in [3.8, 4) is 5.88 Å². The number of pyridine rings is 1. The number of aromatic nitrogens is 1. The Balaban J connectivity index is 2.91. The molecule has 2 N–H and O–H groups in total. The van der Waals surface area contributed by atoms with Gasteiger partial charge >= 0.3 is 12.1 Å². The second-order valence-corrected chi connectivity index (χ2v) is 2.03. The van der Waals surface area contributed by atoms with Crippen LogP contribution in [0.25, 0.3) is 0 Å². The van der Waals surface area contributed by atoms with E-state index in [0.717, 1.165) is 0 Å². The zero-order valence-corrected chi connectivity index (χ0v) is 6.30. The quantitative estimate of drug-likeness (QED) is 0.659. The Morgan fingerprint density at radius 3 is 2.54 bits per heavy atom. The average molecular weight is 183 g/mol. The van der Waals surface area contributed by atoms with Crippen LogP contribution < -0.4 is 4.74 Å². The third kappa shape index (κ3) is 2.44. The van der Waals surface area contributed by atoms with Gasteiger partial charge in [0.15, 0.2) is 5.69 Å². The molecule has 0 saturated carbocycles. The van der Waals surface area contributed by atoms with Crippen LogP contribution in [-0.4, -0.2) is 27.3 Å². The number of hydrogen-bond donors (Lipinski definition) is 2. The predicted molar refractivity (Wildman–Crippen MR) is 39.8 cm³/mol. The lowest BCUT2D eigenvalue weighted by Crippen LogP contribution is -2.07. The number of aromatic carboxylic acids is 1. The van der Waals surface area contributed by atoms with Gasteiger partial charge in [0.2, 0.25) is 5.88 Å². The SMILES string of the molecule is O=C(O)Oc1cccc(C(=O)O)n1. The van der Waals surface area contributed by atoms with Gasteiger partial charge in [-0.1, -0.05) is 6.07 Å². The number of rotatable bonds is 2. The van der Waals surface area contributed by atoms with Crippen LogP contribution in [0, 0.1) is 0 Å². The lowest BCUT2D eigenvalue weighted by atomic mass is 10.3. The van der Waals surface area contributed by atoms with Gasteiger partial charge in [-0.2, -0.15) is 0 Å². The average Bonchev–Trinajstić information content (AvgIpc) is 2.03. The van der Waals surface area contributed by atoms with Crippen LogP contribution in [0.15, 0.2) is 18.2 Å². The van der Waals surface area contributed by atoms with Gasteiger partial charge in [-0.25, -0.2) is 14.6 Å². The first-order chi connectivity index (χ1) is 6.09. The molecule has 0 saturated heterocycles. The molecule has 6 nitrogen and oxygen atoms in total. The van der Waals surface area contributed by atoms with E-state index in [2.05, 4.69) is 9.72 Å². The van der Waals surface area contributed by atoms with Crippen LogP contribution in [0.4, 0.5) is 4.79 Å². The molecule has 0 bridgehead atoms. The molecule has 0 aliphatic rings. The summed E-state index contributed by atoms with van der Waals surface area (Å²) >= 11 is 0. The van der Waals surface area contributed by atoms with Gasteiger partial charge in [0.1, 0.15) is 0 Å². The summed E-state index contributed by atoms with van der Waals surface area (Å²) < 4.78 is 4.15. The number of carbonyl (C=O) groups is 2. The van der Waals surface area contributed by atoms with Crippen molar-refractivity contribution in [1.29, 1.82) is 0 Å². The Morgan fingerprint density at radius 1 is 1.31 bits per heavy atom. The van der Waals surface area contributed by atoms with Gasteiger partial charge < -0.3 is 14.9 Å². The fraction of sp³-hybridized carbons (Fsp3) is 0. The molecule has 0 radical (unpaired) electrons. The van der Waals surface area contributed by atoms with Crippen LogP contribution in [-0.2, 0) is 0 Å². The number of nitrogens with zero attached hydrogens (tertiary/aromatic N) is 1. The van der Waals surface area contributed by atoms with Crippen molar-refractivity contribution in [2.75, 3.05) is 0 Å². The summed E-state index contributed by atoms with van der Waals surface area (Å²) in [5, 5.41) is 16.7. The van der Waals surface area contributed by atoms with E-state index >= 15 is 0 Å². The Bertz CT molecular complexity index is 348. The minimum atomic E-state index is -1.53. The van der Waals surface area contributed by atoms with E-state index in [-0.39, 0.29) is 11.6 Å². The molecule has 1 heterocycles. The zero-order valence-electron chi connectivity index (χ0n) is 6.30. The highest BCUT2D eigenvalue weighted by atomic mass is 16.7. The van der Waals surface area contributed by atoms with Crippen molar-refractivity contribution in [3.63, 3.8) is 0 Å². The van der Waals surface area contributed by atoms with Gasteiger partial charge in [0.25, 0.3) is 0 Å². The summed E-state index contributed by atoms with van der Waals surface area (Å²) in [4.78, 5) is 23.8. The van der Waals surface area contributed by atoms with E-state index in [1.165, 1.54) is 18.2 Å². The van der Waals surface area contributed by atoms with Crippen LogP contribution in [0.5, 0.6) is 5.88 Å². The minimum Gasteiger partial charge on any atom is -0.477 e. The maximum Gasteiger partial charge on any atom is 0.512 e. The first-order valence-corrected chi connectivity index (χ1v) is 3.20. The lowest BCUT2D eigenvalue weighted by molar-refractivity contribution is 0.0688. The van der Waals surface area contributed by atoms with Crippen molar-refractivity contribution in [3.05, 3.63) is 23.9 Å². The minimum absolute atomic E-state index is 0.257. The van der Waals surface area contributed by atoms with E-state index < -0.39 is 12.1 Å². The topological polar surface area (TPSA) is 96.7 Å². The summed E-state index contributed by atoms with van der Waals surface area (Å²) in [5.41, 5.74) is -0.265. The third-order valence-electron chi connectivity index (χ3n) is 1.13. The molecule has 68 valence electrons. The summed E-state index contributed by atoms with van der Waals surface area (Å²) in [5.74, 6) is -1.50. The molecular weight excluding hydrogens is 178 g/mol. The van der Waals surface area contributed by atoms with Crippen molar-refractivity contribution in [2.45, 2.75) is 0 Å². The Labute approximate surface area is 72.4 Å². The van der Waals surface area contributed by atoms with Crippen LogP contribution in [0.2, 0.25) is 0 Å². The van der Waals surface area contributed by atoms with Crippen LogP contribution in [0.3, 0.4) is 0 Å². The second-order valence-electron chi connectivity index (χ2n) is 2.03. The van der Waals surface area contributed by atoms with Gasteiger partial charge in [-0.15, -0.1) is 0 Å². The Hall–Kier alpha value is -2.11. The van der Waals surface area contributed by atoms with Gasteiger partial charge in [0, 0.05) is 6.07 Å². The Kier molecular flexibility index (Phi) is 2.44. The smallest absolute Gasteiger partial charge is 0.477 e. The van der Waals surface area contributed by atoms with Gasteiger partial charge in [-0.3, -0.25) is 0 Å². The largest absolute Gasteiger partial charge is 0.512 e. The number of hydrogen-bond acceptors (Lipinski definition) is 4. The molecule has 0 atom stereocenters. The third-order valence-corrected chi connectivity index (χ3v) is 1.13. The fourth-order valence-corrected chi connectivity index (χ4v) is 0.680. The molecule has 0 aliphatic carbocycles. The monoisotopic (exact) mass is 183 g/mol. The van der Waals surface area contributed by atoms with E-state index in [9.17, 15) is 9.59 Å². The molecule has 0 unspecified atom stereocenters.